The third-order valence-electron chi connectivity index (χ3n) is 5.99. The van der Waals surface area contributed by atoms with E-state index in [1.54, 1.807) is 0 Å². The minimum Gasteiger partial charge on any atom is -0.339 e. The van der Waals surface area contributed by atoms with E-state index in [-0.39, 0.29) is 11.4 Å². The predicted molar refractivity (Wildman–Crippen MR) is 105 cm³/mol. The van der Waals surface area contributed by atoms with Gasteiger partial charge in [0.1, 0.15) is 5.54 Å². The lowest BCUT2D eigenvalue weighted by atomic mass is 9.85. The van der Waals surface area contributed by atoms with Crippen molar-refractivity contribution < 1.29 is 4.79 Å². The van der Waals surface area contributed by atoms with Gasteiger partial charge in [-0.2, -0.15) is 0 Å². The largest absolute Gasteiger partial charge is 0.339 e. The van der Waals surface area contributed by atoms with E-state index in [2.05, 4.69) is 64.5 Å². The van der Waals surface area contributed by atoms with Crippen LogP contribution < -0.4 is 10.2 Å². The van der Waals surface area contributed by atoms with Crippen molar-refractivity contribution in [1.82, 2.24) is 10.2 Å². The normalized spacial score (nSPS) is 21.0. The number of para-hydroxylation sites is 1. The van der Waals surface area contributed by atoms with Gasteiger partial charge in [0.2, 0.25) is 5.91 Å². The van der Waals surface area contributed by atoms with Gasteiger partial charge >= 0.3 is 0 Å². The standard InChI is InChI=1S/C22H27N3O/c1-18(19-8-4-2-5-9-19)16-24-14-12-22(13-15-24)21(26)23-17-25(22)20-10-6-3-7-11-20/h2-11,18H,12-17H2,1H3,(H,23,26). The van der Waals surface area contributed by atoms with Crippen molar-refractivity contribution in [3.05, 3.63) is 66.2 Å². The Morgan fingerprint density at radius 3 is 2.27 bits per heavy atom. The highest BCUT2D eigenvalue weighted by atomic mass is 16.2. The summed E-state index contributed by atoms with van der Waals surface area (Å²) in [5.74, 6) is 0.699. The van der Waals surface area contributed by atoms with Gasteiger partial charge in [-0.15, -0.1) is 0 Å². The number of nitrogens with zero attached hydrogens (tertiary/aromatic N) is 2. The summed E-state index contributed by atoms with van der Waals surface area (Å²) < 4.78 is 0. The summed E-state index contributed by atoms with van der Waals surface area (Å²) in [6, 6.07) is 21.0. The molecule has 2 saturated heterocycles. The van der Waals surface area contributed by atoms with Gasteiger partial charge in [-0.05, 0) is 36.5 Å². The minimum atomic E-state index is -0.381. The molecular weight excluding hydrogens is 322 g/mol. The lowest BCUT2D eigenvalue weighted by Crippen LogP contribution is -2.56. The maximum absolute atomic E-state index is 12.7. The average molecular weight is 349 g/mol. The van der Waals surface area contributed by atoms with Crippen molar-refractivity contribution in [3.8, 4) is 0 Å². The Morgan fingerprint density at radius 1 is 1.00 bits per heavy atom. The van der Waals surface area contributed by atoms with Crippen LogP contribution in [0.1, 0.15) is 31.2 Å². The van der Waals surface area contributed by atoms with E-state index in [1.807, 2.05) is 18.2 Å². The Morgan fingerprint density at radius 2 is 1.62 bits per heavy atom. The Bertz CT molecular complexity index is 738. The van der Waals surface area contributed by atoms with Crippen molar-refractivity contribution in [1.29, 1.82) is 0 Å². The Labute approximate surface area is 155 Å². The number of rotatable bonds is 4. The second kappa shape index (κ2) is 7.12. The molecule has 26 heavy (non-hydrogen) atoms. The molecule has 0 radical (unpaired) electrons. The molecule has 2 aromatic carbocycles. The van der Waals surface area contributed by atoms with Crippen molar-refractivity contribution in [2.45, 2.75) is 31.2 Å². The maximum Gasteiger partial charge on any atom is 0.247 e. The van der Waals surface area contributed by atoms with E-state index in [0.29, 0.717) is 12.6 Å². The molecule has 0 saturated carbocycles. The second-order valence-electron chi connectivity index (χ2n) is 7.57. The molecule has 1 unspecified atom stereocenters. The first-order valence-electron chi connectivity index (χ1n) is 9.57. The summed E-state index contributed by atoms with van der Waals surface area (Å²) in [5.41, 5.74) is 2.14. The molecule has 0 aliphatic carbocycles. The van der Waals surface area contributed by atoms with E-state index in [0.717, 1.165) is 38.2 Å². The van der Waals surface area contributed by atoms with Crippen LogP contribution in [0.15, 0.2) is 60.7 Å². The highest BCUT2D eigenvalue weighted by Crippen LogP contribution is 2.36. The molecule has 1 spiro atoms. The molecule has 2 fully saturated rings. The van der Waals surface area contributed by atoms with Crippen LogP contribution >= 0.6 is 0 Å². The van der Waals surface area contributed by atoms with Gasteiger partial charge in [-0.3, -0.25) is 4.79 Å². The minimum absolute atomic E-state index is 0.192. The zero-order valence-corrected chi connectivity index (χ0v) is 15.4. The molecule has 2 aromatic rings. The number of amides is 1. The van der Waals surface area contributed by atoms with Crippen molar-refractivity contribution in [2.24, 2.45) is 0 Å². The van der Waals surface area contributed by atoms with Crippen LogP contribution in [0.2, 0.25) is 0 Å². The van der Waals surface area contributed by atoms with E-state index < -0.39 is 0 Å². The number of anilines is 1. The molecule has 2 aliphatic rings. The summed E-state index contributed by atoms with van der Waals surface area (Å²) in [5, 5.41) is 3.08. The molecule has 1 atom stereocenters. The lowest BCUT2D eigenvalue weighted by molar-refractivity contribution is -0.125. The number of hydrogen-bond acceptors (Lipinski definition) is 3. The Kier molecular flexibility index (Phi) is 4.68. The van der Waals surface area contributed by atoms with Crippen LogP contribution in [0.3, 0.4) is 0 Å². The van der Waals surface area contributed by atoms with Gasteiger partial charge < -0.3 is 15.1 Å². The molecule has 1 amide bonds. The molecule has 0 aromatic heterocycles. The van der Waals surface area contributed by atoms with E-state index in [4.69, 9.17) is 0 Å². The van der Waals surface area contributed by atoms with E-state index in [1.165, 1.54) is 5.56 Å². The van der Waals surface area contributed by atoms with E-state index >= 15 is 0 Å². The van der Waals surface area contributed by atoms with Gasteiger partial charge in [0.15, 0.2) is 0 Å². The molecule has 0 bridgehead atoms. The summed E-state index contributed by atoms with van der Waals surface area (Å²) in [7, 11) is 0. The van der Waals surface area contributed by atoms with Gasteiger partial charge in [0.25, 0.3) is 0 Å². The highest BCUT2D eigenvalue weighted by molar-refractivity contribution is 5.93. The SMILES string of the molecule is CC(CN1CCC2(CC1)C(=O)NCN2c1ccccc1)c1ccccc1. The van der Waals surface area contributed by atoms with Crippen LogP contribution in [0.5, 0.6) is 0 Å². The van der Waals surface area contributed by atoms with Gasteiger partial charge in [-0.25, -0.2) is 0 Å². The number of hydrogen-bond donors (Lipinski definition) is 1. The summed E-state index contributed by atoms with van der Waals surface area (Å²) in [4.78, 5) is 17.5. The molecule has 2 aliphatic heterocycles. The van der Waals surface area contributed by atoms with Crippen molar-refractivity contribution in [3.63, 3.8) is 0 Å². The average Bonchev–Trinajstić information content (AvgIpc) is 3.01. The van der Waals surface area contributed by atoms with Crippen LogP contribution in [-0.4, -0.2) is 42.6 Å². The maximum atomic E-state index is 12.7. The number of likely N-dealkylation sites (tertiary alicyclic amines) is 1. The summed E-state index contributed by atoms with van der Waals surface area (Å²) in [6.45, 7) is 5.89. The van der Waals surface area contributed by atoms with E-state index in [9.17, 15) is 4.79 Å². The molecular formula is C22H27N3O. The molecule has 1 N–H and O–H groups in total. The van der Waals surface area contributed by atoms with Crippen LogP contribution in [0.25, 0.3) is 0 Å². The first kappa shape index (κ1) is 17.1. The monoisotopic (exact) mass is 349 g/mol. The fourth-order valence-electron chi connectivity index (χ4n) is 4.41. The smallest absolute Gasteiger partial charge is 0.247 e. The first-order valence-corrected chi connectivity index (χ1v) is 9.57. The zero-order valence-electron chi connectivity index (χ0n) is 15.4. The molecule has 4 nitrogen and oxygen atoms in total. The number of carbonyl (C=O) groups is 1. The fraction of sp³-hybridized carbons (Fsp3) is 0.409. The number of piperidine rings is 1. The summed E-state index contributed by atoms with van der Waals surface area (Å²) in [6.07, 6.45) is 1.77. The fourth-order valence-corrected chi connectivity index (χ4v) is 4.41. The zero-order chi connectivity index (χ0) is 18.0. The number of carbonyl (C=O) groups excluding carboxylic acids is 1. The van der Waals surface area contributed by atoms with Crippen molar-refractivity contribution >= 4 is 11.6 Å². The Hall–Kier alpha value is -2.33. The van der Waals surface area contributed by atoms with Gasteiger partial charge in [-0.1, -0.05) is 55.5 Å². The van der Waals surface area contributed by atoms with Crippen LogP contribution in [-0.2, 0) is 4.79 Å². The Balaban J connectivity index is 1.44. The lowest BCUT2D eigenvalue weighted by Gasteiger charge is -2.43. The highest BCUT2D eigenvalue weighted by Gasteiger charge is 2.50. The number of benzene rings is 2. The first-order chi connectivity index (χ1) is 12.7. The topological polar surface area (TPSA) is 35.6 Å². The summed E-state index contributed by atoms with van der Waals surface area (Å²) >= 11 is 0. The van der Waals surface area contributed by atoms with Crippen molar-refractivity contribution in [2.75, 3.05) is 31.2 Å². The molecule has 136 valence electrons. The quantitative estimate of drug-likeness (QED) is 0.921. The molecule has 4 heteroatoms. The van der Waals surface area contributed by atoms with Crippen LogP contribution in [0.4, 0.5) is 5.69 Å². The number of nitrogens with one attached hydrogen (secondary N) is 1. The predicted octanol–water partition coefficient (Wildman–Crippen LogP) is 3.22. The third kappa shape index (κ3) is 3.10. The second-order valence-corrected chi connectivity index (χ2v) is 7.57. The van der Waals surface area contributed by atoms with Gasteiger partial charge in [0.05, 0.1) is 6.67 Å². The van der Waals surface area contributed by atoms with Gasteiger partial charge in [0, 0.05) is 25.3 Å². The third-order valence-corrected chi connectivity index (χ3v) is 5.99. The van der Waals surface area contributed by atoms with Crippen LogP contribution in [0, 0.1) is 0 Å². The molecule has 4 rings (SSSR count). The molecule has 2 heterocycles.